The maximum Gasteiger partial charge on any atom is 0.259 e. The highest BCUT2D eigenvalue weighted by atomic mass is 35.5. The Balaban J connectivity index is 1.51. The van der Waals surface area contributed by atoms with Crippen LogP contribution in [0.15, 0.2) is 47.1 Å². The number of rotatable bonds is 5. The van der Waals surface area contributed by atoms with Gasteiger partial charge >= 0.3 is 0 Å². The summed E-state index contributed by atoms with van der Waals surface area (Å²) in [5, 5.41) is 8.12. The zero-order valence-corrected chi connectivity index (χ0v) is 13.8. The number of nitrogens with one attached hydrogen (secondary N) is 1. The maximum atomic E-state index is 5.95. The summed E-state index contributed by atoms with van der Waals surface area (Å²) in [7, 11) is 0. The fourth-order valence-corrected chi connectivity index (χ4v) is 2.49. The van der Waals surface area contributed by atoms with Crippen molar-refractivity contribution < 1.29 is 4.42 Å². The molecular weight excluding hydrogens is 342 g/mol. The van der Waals surface area contributed by atoms with Crippen LogP contribution in [0.25, 0.3) is 17.4 Å². The van der Waals surface area contributed by atoms with E-state index >= 15 is 0 Å². The van der Waals surface area contributed by atoms with Crippen molar-refractivity contribution >= 4 is 29.3 Å². The predicted molar refractivity (Wildman–Crippen MR) is 94.3 cm³/mol. The van der Waals surface area contributed by atoms with Gasteiger partial charge in [0.2, 0.25) is 17.7 Å². The van der Waals surface area contributed by atoms with Crippen LogP contribution in [-0.4, -0.2) is 31.1 Å². The summed E-state index contributed by atoms with van der Waals surface area (Å²) in [6.07, 6.45) is 2.36. The number of halogens is 1. The monoisotopic (exact) mass is 355 g/mol. The maximum absolute atomic E-state index is 5.95. The Hall–Kier alpha value is -3.13. The van der Waals surface area contributed by atoms with Gasteiger partial charge in [-0.15, -0.1) is 5.10 Å². The summed E-state index contributed by atoms with van der Waals surface area (Å²) >= 11 is 5.88. The summed E-state index contributed by atoms with van der Waals surface area (Å²) in [6.45, 7) is 0.649. The normalized spacial score (nSPS) is 11.1. The van der Waals surface area contributed by atoms with Gasteiger partial charge in [0.1, 0.15) is 0 Å². The smallest absolute Gasteiger partial charge is 0.259 e. The molecule has 0 spiro atoms. The molecule has 0 radical (unpaired) electrons. The van der Waals surface area contributed by atoms with Crippen molar-refractivity contribution in [2.45, 2.75) is 6.42 Å². The van der Waals surface area contributed by atoms with E-state index in [2.05, 4.69) is 25.4 Å². The van der Waals surface area contributed by atoms with Crippen molar-refractivity contribution in [1.29, 1.82) is 0 Å². The minimum atomic E-state index is 0.198. The van der Waals surface area contributed by atoms with Gasteiger partial charge in [-0.05, 0) is 36.2 Å². The number of nitrogen functional groups attached to an aromatic ring is 1. The topological polar surface area (TPSA) is 107 Å². The highest BCUT2D eigenvalue weighted by molar-refractivity contribution is 6.30. The molecule has 8 nitrogen and oxygen atoms in total. The van der Waals surface area contributed by atoms with E-state index in [-0.39, 0.29) is 5.95 Å². The number of benzene rings is 1. The SMILES string of the molecule is Nc1nc(NCCc2ccc(Cl)cc2)nc2nc(-c3ccco3)nn12. The second kappa shape index (κ2) is 6.40. The third kappa shape index (κ3) is 3.24. The summed E-state index contributed by atoms with van der Waals surface area (Å²) in [5.41, 5.74) is 7.11. The van der Waals surface area contributed by atoms with Gasteiger partial charge in [0, 0.05) is 11.6 Å². The molecule has 0 aliphatic carbocycles. The summed E-state index contributed by atoms with van der Waals surface area (Å²) in [5.74, 6) is 1.90. The van der Waals surface area contributed by atoms with Crippen molar-refractivity contribution in [2.75, 3.05) is 17.6 Å². The lowest BCUT2D eigenvalue weighted by Gasteiger charge is -2.06. The molecule has 1 aromatic carbocycles. The van der Waals surface area contributed by atoms with E-state index in [4.69, 9.17) is 21.8 Å². The molecule has 0 unspecified atom stereocenters. The predicted octanol–water partition coefficient (Wildman–Crippen LogP) is 2.67. The van der Waals surface area contributed by atoms with Gasteiger partial charge < -0.3 is 15.5 Å². The molecule has 0 amide bonds. The molecule has 3 aromatic heterocycles. The highest BCUT2D eigenvalue weighted by Crippen LogP contribution is 2.17. The first kappa shape index (κ1) is 15.4. The number of aromatic nitrogens is 5. The number of furan rings is 1. The van der Waals surface area contributed by atoms with E-state index in [0.717, 1.165) is 17.0 Å². The van der Waals surface area contributed by atoms with Crippen molar-refractivity contribution in [3.05, 3.63) is 53.2 Å². The molecule has 4 aromatic rings. The third-order valence-corrected chi connectivity index (χ3v) is 3.84. The van der Waals surface area contributed by atoms with Gasteiger partial charge in [0.15, 0.2) is 5.76 Å². The van der Waals surface area contributed by atoms with Gasteiger partial charge in [-0.1, -0.05) is 23.7 Å². The minimum Gasteiger partial charge on any atom is -0.461 e. The summed E-state index contributed by atoms with van der Waals surface area (Å²) in [4.78, 5) is 12.9. The quantitative estimate of drug-likeness (QED) is 0.566. The van der Waals surface area contributed by atoms with E-state index in [1.54, 1.807) is 18.4 Å². The zero-order valence-electron chi connectivity index (χ0n) is 13.1. The van der Waals surface area contributed by atoms with E-state index in [9.17, 15) is 0 Å². The molecule has 9 heteroatoms. The Kier molecular flexibility index (Phi) is 3.95. The number of nitrogens with zero attached hydrogens (tertiary/aromatic N) is 5. The van der Waals surface area contributed by atoms with E-state index in [1.165, 1.54) is 4.52 Å². The van der Waals surface area contributed by atoms with Crippen molar-refractivity contribution in [2.24, 2.45) is 0 Å². The summed E-state index contributed by atoms with van der Waals surface area (Å²) in [6, 6.07) is 11.2. The Labute approximate surface area is 147 Å². The van der Waals surface area contributed by atoms with Gasteiger partial charge in [0.25, 0.3) is 5.78 Å². The number of hydrogen-bond donors (Lipinski definition) is 2. The minimum absolute atomic E-state index is 0.198. The lowest BCUT2D eigenvalue weighted by atomic mass is 10.1. The lowest BCUT2D eigenvalue weighted by Crippen LogP contribution is -2.12. The van der Waals surface area contributed by atoms with Crippen LogP contribution in [0.2, 0.25) is 5.02 Å². The van der Waals surface area contributed by atoms with Crippen LogP contribution in [-0.2, 0) is 6.42 Å². The number of nitrogens with two attached hydrogens (primary N) is 1. The van der Waals surface area contributed by atoms with Crippen molar-refractivity contribution in [3.8, 4) is 11.6 Å². The van der Waals surface area contributed by atoms with Crippen LogP contribution in [0, 0.1) is 0 Å². The standard InChI is InChI=1S/C16H14ClN7O/c17-11-5-3-10(4-6-11)7-8-19-15-21-14(18)24-16(22-15)20-13(23-24)12-2-1-9-25-12/h1-6,9H,7-8H2,(H3,18,19,20,21,22,23). The second-order valence-electron chi connectivity index (χ2n) is 5.33. The molecule has 0 aliphatic heterocycles. The molecule has 0 bridgehead atoms. The number of fused-ring (bicyclic) bond motifs is 1. The number of anilines is 2. The molecule has 3 heterocycles. The first-order chi connectivity index (χ1) is 12.2. The average Bonchev–Trinajstić information content (AvgIpc) is 3.26. The van der Waals surface area contributed by atoms with Crippen LogP contribution < -0.4 is 11.1 Å². The van der Waals surface area contributed by atoms with E-state index in [1.807, 2.05) is 24.3 Å². The van der Waals surface area contributed by atoms with Crippen LogP contribution in [0.4, 0.5) is 11.9 Å². The molecule has 3 N–H and O–H groups in total. The first-order valence-electron chi connectivity index (χ1n) is 7.61. The molecule has 25 heavy (non-hydrogen) atoms. The lowest BCUT2D eigenvalue weighted by molar-refractivity contribution is 0.577. The molecular formula is C16H14ClN7O. The van der Waals surface area contributed by atoms with E-state index < -0.39 is 0 Å². The second-order valence-corrected chi connectivity index (χ2v) is 5.77. The van der Waals surface area contributed by atoms with Gasteiger partial charge in [-0.3, -0.25) is 0 Å². The molecule has 4 rings (SSSR count). The zero-order chi connectivity index (χ0) is 17.2. The fraction of sp³-hybridized carbons (Fsp3) is 0.125. The van der Waals surface area contributed by atoms with Crippen molar-refractivity contribution in [3.63, 3.8) is 0 Å². The molecule has 0 atom stereocenters. The van der Waals surface area contributed by atoms with Crippen LogP contribution in [0.5, 0.6) is 0 Å². The Bertz CT molecular complexity index is 995. The summed E-state index contributed by atoms with van der Waals surface area (Å²) < 4.78 is 6.67. The Morgan fingerprint density at radius 3 is 2.72 bits per heavy atom. The van der Waals surface area contributed by atoms with Crippen LogP contribution in [0.1, 0.15) is 5.56 Å². The fourth-order valence-electron chi connectivity index (χ4n) is 2.36. The van der Waals surface area contributed by atoms with Crippen LogP contribution in [0.3, 0.4) is 0 Å². The Morgan fingerprint density at radius 1 is 1.12 bits per heavy atom. The highest BCUT2D eigenvalue weighted by Gasteiger charge is 2.13. The molecule has 0 saturated carbocycles. The van der Waals surface area contributed by atoms with E-state index in [0.29, 0.717) is 29.9 Å². The average molecular weight is 356 g/mol. The van der Waals surface area contributed by atoms with Crippen molar-refractivity contribution in [1.82, 2.24) is 24.6 Å². The molecule has 0 saturated heterocycles. The molecule has 126 valence electrons. The van der Waals surface area contributed by atoms with Crippen LogP contribution >= 0.6 is 11.6 Å². The Morgan fingerprint density at radius 2 is 1.96 bits per heavy atom. The van der Waals surface area contributed by atoms with Gasteiger partial charge in [-0.25, -0.2) is 0 Å². The third-order valence-electron chi connectivity index (χ3n) is 3.59. The molecule has 0 aliphatic rings. The van der Waals surface area contributed by atoms with Gasteiger partial charge in [-0.2, -0.15) is 19.5 Å². The first-order valence-corrected chi connectivity index (χ1v) is 7.99. The molecule has 0 fully saturated rings. The largest absolute Gasteiger partial charge is 0.461 e. The number of hydrogen-bond acceptors (Lipinski definition) is 7. The van der Waals surface area contributed by atoms with Gasteiger partial charge in [0.05, 0.1) is 6.26 Å².